The minimum Gasteiger partial charge on any atom is -0.486 e. The number of hydrogen-bond donors (Lipinski definition) is 1. The van der Waals surface area contributed by atoms with E-state index in [9.17, 15) is 0 Å². The number of hydrogen-bond acceptors (Lipinski definition) is 5. The van der Waals surface area contributed by atoms with E-state index in [4.69, 9.17) is 19.9 Å². The van der Waals surface area contributed by atoms with Crippen molar-refractivity contribution in [1.82, 2.24) is 0 Å². The van der Waals surface area contributed by atoms with E-state index in [1.165, 1.54) is 0 Å². The summed E-state index contributed by atoms with van der Waals surface area (Å²) in [7, 11) is 0. The average Bonchev–Trinajstić information content (AvgIpc) is 2.62. The lowest BCUT2D eigenvalue weighted by Gasteiger charge is -2.28. The van der Waals surface area contributed by atoms with Crippen LogP contribution < -0.4 is 20.1 Å². The Bertz CT molecular complexity index is 464. The maximum absolute atomic E-state index is 6.15. The molecule has 1 unspecified atom stereocenters. The lowest BCUT2D eigenvalue weighted by Crippen LogP contribution is -2.31. The first kappa shape index (κ1) is 12.4. The van der Waals surface area contributed by atoms with Gasteiger partial charge in [0.05, 0.1) is 17.5 Å². The molecule has 104 valence electrons. The van der Waals surface area contributed by atoms with E-state index in [1.807, 2.05) is 12.1 Å². The number of nitrogens with two attached hydrogens (primary N) is 1. The Kier molecular flexibility index (Phi) is 3.38. The third kappa shape index (κ3) is 2.56. The van der Waals surface area contributed by atoms with E-state index >= 15 is 0 Å². The molecule has 5 heteroatoms. The monoisotopic (exact) mass is 264 g/mol. The van der Waals surface area contributed by atoms with Crippen LogP contribution in [0.5, 0.6) is 11.5 Å². The SMILES string of the molecule is CC1CN(c2cc3c(cc2N)OCCO3)CCCO1. The highest BCUT2D eigenvalue weighted by Crippen LogP contribution is 2.39. The predicted octanol–water partition coefficient (Wildman–Crippen LogP) is 1.66. The Morgan fingerprint density at radius 2 is 1.89 bits per heavy atom. The third-order valence-electron chi connectivity index (χ3n) is 3.48. The fourth-order valence-electron chi connectivity index (χ4n) is 2.58. The van der Waals surface area contributed by atoms with Gasteiger partial charge in [0.15, 0.2) is 11.5 Å². The summed E-state index contributed by atoms with van der Waals surface area (Å²) >= 11 is 0. The topological polar surface area (TPSA) is 57.0 Å². The highest BCUT2D eigenvalue weighted by Gasteiger charge is 2.21. The molecule has 0 saturated carbocycles. The largest absolute Gasteiger partial charge is 0.486 e. The quantitative estimate of drug-likeness (QED) is 0.782. The van der Waals surface area contributed by atoms with Crippen LogP contribution >= 0.6 is 0 Å². The van der Waals surface area contributed by atoms with E-state index < -0.39 is 0 Å². The van der Waals surface area contributed by atoms with E-state index in [2.05, 4.69) is 11.8 Å². The molecule has 1 aromatic rings. The fourth-order valence-corrected chi connectivity index (χ4v) is 2.58. The molecule has 1 saturated heterocycles. The van der Waals surface area contributed by atoms with Gasteiger partial charge in [0.1, 0.15) is 13.2 Å². The minimum absolute atomic E-state index is 0.218. The summed E-state index contributed by atoms with van der Waals surface area (Å²) in [5.74, 6) is 1.53. The number of anilines is 2. The molecule has 0 spiro atoms. The Hall–Kier alpha value is -1.62. The first-order chi connectivity index (χ1) is 9.24. The molecule has 0 bridgehead atoms. The first-order valence-corrected chi connectivity index (χ1v) is 6.80. The summed E-state index contributed by atoms with van der Waals surface area (Å²) in [5, 5.41) is 0. The normalized spacial score (nSPS) is 23.0. The molecule has 2 heterocycles. The van der Waals surface area contributed by atoms with Gasteiger partial charge in [0, 0.05) is 31.8 Å². The van der Waals surface area contributed by atoms with Crippen molar-refractivity contribution >= 4 is 11.4 Å². The Balaban J connectivity index is 1.90. The highest BCUT2D eigenvalue weighted by atomic mass is 16.6. The lowest BCUT2D eigenvalue weighted by molar-refractivity contribution is 0.0821. The first-order valence-electron chi connectivity index (χ1n) is 6.80. The van der Waals surface area contributed by atoms with Gasteiger partial charge in [-0.3, -0.25) is 0 Å². The molecule has 1 aromatic carbocycles. The van der Waals surface area contributed by atoms with Gasteiger partial charge in [-0.2, -0.15) is 0 Å². The van der Waals surface area contributed by atoms with Crippen LogP contribution in [-0.4, -0.2) is 39.0 Å². The molecular weight excluding hydrogens is 244 g/mol. The van der Waals surface area contributed by atoms with Crippen LogP contribution in [0.3, 0.4) is 0 Å². The van der Waals surface area contributed by atoms with E-state index in [1.54, 1.807) is 0 Å². The van der Waals surface area contributed by atoms with Gasteiger partial charge in [-0.15, -0.1) is 0 Å². The smallest absolute Gasteiger partial charge is 0.163 e. The third-order valence-corrected chi connectivity index (χ3v) is 3.48. The molecule has 2 aliphatic rings. The van der Waals surface area contributed by atoms with Gasteiger partial charge >= 0.3 is 0 Å². The maximum atomic E-state index is 6.15. The summed E-state index contributed by atoms with van der Waals surface area (Å²) in [6, 6.07) is 3.85. The predicted molar refractivity (Wildman–Crippen MR) is 74.1 cm³/mol. The molecule has 0 aromatic heterocycles. The molecular formula is C14H20N2O3. The standard InChI is InChI=1S/C14H20N2O3/c1-10-9-16(3-2-4-17-10)12-8-14-13(7-11(12)15)18-5-6-19-14/h7-8,10H,2-6,9,15H2,1H3. The second kappa shape index (κ2) is 5.17. The summed E-state index contributed by atoms with van der Waals surface area (Å²) in [4.78, 5) is 2.27. The Morgan fingerprint density at radius 3 is 2.68 bits per heavy atom. The zero-order chi connectivity index (χ0) is 13.2. The van der Waals surface area contributed by atoms with Crippen molar-refractivity contribution in [2.24, 2.45) is 0 Å². The Morgan fingerprint density at radius 1 is 1.16 bits per heavy atom. The van der Waals surface area contributed by atoms with Gasteiger partial charge in [0.25, 0.3) is 0 Å². The number of benzene rings is 1. The van der Waals surface area contributed by atoms with Gasteiger partial charge < -0.3 is 24.8 Å². The molecule has 0 aliphatic carbocycles. The molecule has 5 nitrogen and oxygen atoms in total. The van der Waals surface area contributed by atoms with E-state index in [0.29, 0.717) is 13.2 Å². The number of fused-ring (bicyclic) bond motifs is 1. The molecule has 3 rings (SSSR count). The van der Waals surface area contributed by atoms with Crippen molar-refractivity contribution in [3.8, 4) is 11.5 Å². The summed E-state index contributed by atoms with van der Waals surface area (Å²) in [6.07, 6.45) is 1.23. The van der Waals surface area contributed by atoms with Gasteiger partial charge in [0.2, 0.25) is 0 Å². The summed E-state index contributed by atoms with van der Waals surface area (Å²) in [6.45, 7) is 5.88. The molecule has 0 radical (unpaired) electrons. The van der Waals surface area contributed by atoms with Gasteiger partial charge in [-0.1, -0.05) is 0 Å². The van der Waals surface area contributed by atoms with Crippen molar-refractivity contribution in [2.45, 2.75) is 19.4 Å². The van der Waals surface area contributed by atoms with E-state index in [0.717, 1.165) is 49.0 Å². The second-order valence-corrected chi connectivity index (χ2v) is 5.04. The lowest BCUT2D eigenvalue weighted by atomic mass is 10.2. The molecule has 0 amide bonds. The Labute approximate surface area is 113 Å². The number of nitrogen functional groups attached to an aromatic ring is 1. The molecule has 2 N–H and O–H groups in total. The number of ether oxygens (including phenoxy) is 3. The van der Waals surface area contributed by atoms with Crippen molar-refractivity contribution in [3.63, 3.8) is 0 Å². The average molecular weight is 264 g/mol. The van der Waals surface area contributed by atoms with Gasteiger partial charge in [-0.05, 0) is 13.3 Å². The van der Waals surface area contributed by atoms with Crippen LogP contribution in [0.15, 0.2) is 12.1 Å². The van der Waals surface area contributed by atoms with Crippen LogP contribution in [-0.2, 0) is 4.74 Å². The summed E-state index contributed by atoms with van der Waals surface area (Å²) in [5.41, 5.74) is 7.90. The highest BCUT2D eigenvalue weighted by molar-refractivity contribution is 5.73. The van der Waals surface area contributed by atoms with Crippen molar-refractivity contribution in [3.05, 3.63) is 12.1 Å². The fraction of sp³-hybridized carbons (Fsp3) is 0.571. The summed E-state index contributed by atoms with van der Waals surface area (Å²) < 4.78 is 16.8. The van der Waals surface area contributed by atoms with Crippen LogP contribution in [0.2, 0.25) is 0 Å². The molecule has 1 fully saturated rings. The number of rotatable bonds is 1. The van der Waals surface area contributed by atoms with E-state index in [-0.39, 0.29) is 6.10 Å². The van der Waals surface area contributed by atoms with Crippen molar-refractivity contribution in [2.75, 3.05) is 43.5 Å². The minimum atomic E-state index is 0.218. The van der Waals surface area contributed by atoms with Crippen LogP contribution in [0.1, 0.15) is 13.3 Å². The zero-order valence-electron chi connectivity index (χ0n) is 11.2. The second-order valence-electron chi connectivity index (χ2n) is 5.04. The van der Waals surface area contributed by atoms with Crippen LogP contribution in [0.25, 0.3) is 0 Å². The molecule has 2 aliphatic heterocycles. The van der Waals surface area contributed by atoms with Crippen LogP contribution in [0.4, 0.5) is 11.4 Å². The van der Waals surface area contributed by atoms with Gasteiger partial charge in [-0.25, -0.2) is 0 Å². The molecule has 19 heavy (non-hydrogen) atoms. The maximum Gasteiger partial charge on any atom is 0.163 e. The van der Waals surface area contributed by atoms with Crippen LogP contribution in [0, 0.1) is 0 Å². The van der Waals surface area contributed by atoms with Crippen molar-refractivity contribution < 1.29 is 14.2 Å². The zero-order valence-corrected chi connectivity index (χ0v) is 11.2. The molecule has 1 atom stereocenters. The van der Waals surface area contributed by atoms with Crippen molar-refractivity contribution in [1.29, 1.82) is 0 Å². The number of nitrogens with zero attached hydrogens (tertiary/aromatic N) is 1.